The lowest BCUT2D eigenvalue weighted by Gasteiger charge is -2.34. The number of nitrogens with one attached hydrogen (secondary N) is 3. The van der Waals surface area contributed by atoms with E-state index in [0.717, 1.165) is 36.9 Å². The van der Waals surface area contributed by atoms with Gasteiger partial charge in [-0.3, -0.25) is 0 Å². The Morgan fingerprint density at radius 1 is 1.00 bits per heavy atom. The minimum atomic E-state index is -0.225. The summed E-state index contributed by atoms with van der Waals surface area (Å²) in [5.74, 6) is 0.400. The summed E-state index contributed by atoms with van der Waals surface area (Å²) in [6, 6.07) is 14.2. The summed E-state index contributed by atoms with van der Waals surface area (Å²) in [7, 11) is 0. The van der Waals surface area contributed by atoms with Crippen LogP contribution in [-0.4, -0.2) is 42.1 Å². The quantitative estimate of drug-likeness (QED) is 0.734. The van der Waals surface area contributed by atoms with Crippen LogP contribution in [0.15, 0.2) is 42.5 Å². The van der Waals surface area contributed by atoms with Crippen LogP contribution in [0.5, 0.6) is 0 Å². The number of hydrogen-bond donors (Lipinski definition) is 3. The second-order valence-corrected chi connectivity index (χ2v) is 8.81. The topological polar surface area (TPSA) is 73.5 Å². The molecule has 1 saturated heterocycles. The molecule has 0 aliphatic carbocycles. The standard InChI is InChI=1S/C23H32N4O2/c1-23(2,3)26-22(29)27-13-11-17(12-14-27)15-24-21(28)25-16-19-9-6-8-18-7-4-5-10-20(18)19/h4-10,17H,11-16H2,1-3H3,(H,26,29)(H2,24,25,28). The number of carbonyl (C=O) groups excluding carboxylic acids is 2. The second kappa shape index (κ2) is 9.16. The first-order valence-electron chi connectivity index (χ1n) is 10.4. The number of nitrogens with zero attached hydrogens (tertiary/aromatic N) is 1. The van der Waals surface area contributed by atoms with Gasteiger partial charge in [0.05, 0.1) is 0 Å². The van der Waals surface area contributed by atoms with E-state index in [1.807, 2.05) is 49.9 Å². The molecule has 0 saturated carbocycles. The molecule has 3 rings (SSSR count). The second-order valence-electron chi connectivity index (χ2n) is 8.81. The summed E-state index contributed by atoms with van der Waals surface area (Å²) in [5, 5.41) is 11.3. The van der Waals surface area contributed by atoms with E-state index in [2.05, 4.69) is 34.1 Å². The molecule has 0 bridgehead atoms. The molecule has 3 N–H and O–H groups in total. The first-order chi connectivity index (χ1) is 13.8. The van der Waals surface area contributed by atoms with Crippen molar-refractivity contribution in [2.24, 2.45) is 5.92 Å². The van der Waals surface area contributed by atoms with E-state index in [9.17, 15) is 9.59 Å². The van der Waals surface area contributed by atoms with Crippen LogP contribution in [0.1, 0.15) is 39.2 Å². The fraction of sp³-hybridized carbons (Fsp3) is 0.478. The number of hydrogen-bond acceptors (Lipinski definition) is 2. The molecular formula is C23H32N4O2. The minimum Gasteiger partial charge on any atom is -0.338 e. The molecule has 0 atom stereocenters. The molecule has 2 aromatic rings. The fourth-order valence-electron chi connectivity index (χ4n) is 3.66. The number of benzene rings is 2. The molecule has 6 nitrogen and oxygen atoms in total. The van der Waals surface area contributed by atoms with E-state index in [1.165, 1.54) is 5.39 Å². The normalized spacial score (nSPS) is 15.2. The molecule has 0 unspecified atom stereocenters. The number of piperidine rings is 1. The lowest BCUT2D eigenvalue weighted by Crippen LogP contribution is -2.51. The SMILES string of the molecule is CC(C)(C)NC(=O)N1CCC(CNC(=O)NCc2cccc3ccccc23)CC1. The number of likely N-dealkylation sites (tertiary alicyclic amines) is 1. The molecule has 0 radical (unpaired) electrons. The molecule has 156 valence electrons. The van der Waals surface area contributed by atoms with Gasteiger partial charge in [0.15, 0.2) is 0 Å². The Hall–Kier alpha value is -2.76. The van der Waals surface area contributed by atoms with Crippen molar-refractivity contribution in [3.8, 4) is 0 Å². The molecule has 0 spiro atoms. The smallest absolute Gasteiger partial charge is 0.317 e. The van der Waals surface area contributed by atoms with Gasteiger partial charge in [0.2, 0.25) is 0 Å². The van der Waals surface area contributed by atoms with Crippen molar-refractivity contribution in [1.29, 1.82) is 0 Å². The molecule has 1 heterocycles. The fourth-order valence-corrected chi connectivity index (χ4v) is 3.66. The highest BCUT2D eigenvalue weighted by Gasteiger charge is 2.25. The number of carbonyl (C=O) groups is 2. The molecule has 1 fully saturated rings. The summed E-state index contributed by atoms with van der Waals surface area (Å²) in [4.78, 5) is 26.3. The zero-order chi connectivity index (χ0) is 20.9. The van der Waals surface area contributed by atoms with E-state index in [1.54, 1.807) is 0 Å². The Bertz CT molecular complexity index is 846. The van der Waals surface area contributed by atoms with Gasteiger partial charge in [-0.2, -0.15) is 0 Å². The highest BCUT2D eigenvalue weighted by Crippen LogP contribution is 2.19. The van der Waals surface area contributed by atoms with Gasteiger partial charge in [0.1, 0.15) is 0 Å². The number of amides is 4. The van der Waals surface area contributed by atoms with Crippen molar-refractivity contribution in [2.45, 2.75) is 45.7 Å². The zero-order valence-electron chi connectivity index (χ0n) is 17.6. The summed E-state index contributed by atoms with van der Waals surface area (Å²) >= 11 is 0. The molecule has 29 heavy (non-hydrogen) atoms. The van der Waals surface area contributed by atoms with Crippen molar-refractivity contribution >= 4 is 22.8 Å². The van der Waals surface area contributed by atoms with E-state index in [-0.39, 0.29) is 17.6 Å². The van der Waals surface area contributed by atoms with Crippen molar-refractivity contribution < 1.29 is 9.59 Å². The summed E-state index contributed by atoms with van der Waals surface area (Å²) < 4.78 is 0. The van der Waals surface area contributed by atoms with Crippen LogP contribution in [0.2, 0.25) is 0 Å². The third-order valence-electron chi connectivity index (χ3n) is 5.25. The van der Waals surface area contributed by atoms with Gasteiger partial charge in [0.25, 0.3) is 0 Å². The van der Waals surface area contributed by atoms with Crippen molar-refractivity contribution in [3.05, 3.63) is 48.0 Å². The van der Waals surface area contributed by atoms with Crippen LogP contribution < -0.4 is 16.0 Å². The number of urea groups is 2. The van der Waals surface area contributed by atoms with Gasteiger partial charge < -0.3 is 20.9 Å². The van der Waals surface area contributed by atoms with Gasteiger partial charge in [-0.1, -0.05) is 42.5 Å². The zero-order valence-corrected chi connectivity index (χ0v) is 17.6. The lowest BCUT2D eigenvalue weighted by atomic mass is 9.97. The van der Waals surface area contributed by atoms with Gasteiger partial charge in [0, 0.05) is 31.7 Å². The van der Waals surface area contributed by atoms with Crippen molar-refractivity contribution in [1.82, 2.24) is 20.9 Å². The minimum absolute atomic E-state index is 0.00302. The Morgan fingerprint density at radius 3 is 2.41 bits per heavy atom. The summed E-state index contributed by atoms with van der Waals surface area (Å²) in [5.41, 5.74) is 0.883. The van der Waals surface area contributed by atoms with Crippen LogP contribution in [0.3, 0.4) is 0 Å². The Balaban J connectivity index is 1.40. The molecule has 1 aliphatic rings. The van der Waals surface area contributed by atoms with Crippen LogP contribution in [0, 0.1) is 5.92 Å². The maximum absolute atomic E-state index is 12.2. The molecule has 4 amide bonds. The Morgan fingerprint density at radius 2 is 1.69 bits per heavy atom. The molecule has 1 aliphatic heterocycles. The van der Waals surface area contributed by atoms with Crippen LogP contribution in [0.4, 0.5) is 9.59 Å². The van der Waals surface area contributed by atoms with Crippen LogP contribution in [-0.2, 0) is 6.54 Å². The van der Waals surface area contributed by atoms with Gasteiger partial charge in [-0.05, 0) is 55.9 Å². The van der Waals surface area contributed by atoms with Crippen LogP contribution in [0.25, 0.3) is 10.8 Å². The summed E-state index contributed by atoms with van der Waals surface area (Å²) in [6.45, 7) is 8.54. The Kier molecular flexibility index (Phi) is 6.62. The molecule has 0 aromatic heterocycles. The van der Waals surface area contributed by atoms with E-state index >= 15 is 0 Å². The van der Waals surface area contributed by atoms with Gasteiger partial charge in [-0.15, -0.1) is 0 Å². The van der Waals surface area contributed by atoms with Gasteiger partial charge >= 0.3 is 12.1 Å². The highest BCUT2D eigenvalue weighted by molar-refractivity contribution is 5.86. The van der Waals surface area contributed by atoms with Crippen molar-refractivity contribution in [3.63, 3.8) is 0 Å². The van der Waals surface area contributed by atoms with E-state index in [0.29, 0.717) is 19.0 Å². The molecule has 6 heteroatoms. The maximum Gasteiger partial charge on any atom is 0.317 e. The third kappa shape index (κ3) is 6.11. The monoisotopic (exact) mass is 396 g/mol. The predicted octanol–water partition coefficient (Wildman–Crippen LogP) is 3.86. The molecular weight excluding hydrogens is 364 g/mol. The highest BCUT2D eigenvalue weighted by atomic mass is 16.2. The van der Waals surface area contributed by atoms with Crippen LogP contribution >= 0.6 is 0 Å². The first kappa shape index (κ1) is 21.0. The van der Waals surface area contributed by atoms with E-state index < -0.39 is 0 Å². The number of rotatable bonds is 4. The lowest BCUT2D eigenvalue weighted by molar-refractivity contribution is 0.162. The first-order valence-corrected chi connectivity index (χ1v) is 10.4. The maximum atomic E-state index is 12.2. The average Bonchev–Trinajstić information content (AvgIpc) is 2.69. The van der Waals surface area contributed by atoms with E-state index in [4.69, 9.17) is 0 Å². The summed E-state index contributed by atoms with van der Waals surface area (Å²) in [6.07, 6.45) is 1.81. The number of fused-ring (bicyclic) bond motifs is 1. The molecule has 2 aromatic carbocycles. The predicted molar refractivity (Wildman–Crippen MR) is 117 cm³/mol. The third-order valence-corrected chi connectivity index (χ3v) is 5.25. The average molecular weight is 397 g/mol. The largest absolute Gasteiger partial charge is 0.338 e. The Labute approximate surface area is 173 Å². The van der Waals surface area contributed by atoms with Crippen molar-refractivity contribution in [2.75, 3.05) is 19.6 Å². The van der Waals surface area contributed by atoms with Gasteiger partial charge in [-0.25, -0.2) is 9.59 Å².